The van der Waals surface area contributed by atoms with Crippen molar-refractivity contribution in [3.63, 3.8) is 0 Å². The Morgan fingerprint density at radius 2 is 1.92 bits per heavy atom. The van der Waals surface area contributed by atoms with E-state index in [-0.39, 0.29) is 17.7 Å². The van der Waals surface area contributed by atoms with Crippen LogP contribution < -0.4 is 5.32 Å². The quantitative estimate of drug-likeness (QED) is 0.705. The molecule has 7 heteroatoms. The van der Waals surface area contributed by atoms with Crippen molar-refractivity contribution in [1.29, 1.82) is 0 Å². The Labute approximate surface area is 148 Å². The van der Waals surface area contributed by atoms with Gasteiger partial charge in [-0.25, -0.2) is 9.78 Å². The van der Waals surface area contributed by atoms with Gasteiger partial charge in [-0.3, -0.25) is 4.79 Å². The average molecular weight is 358 g/mol. The molecule has 130 valence electrons. The van der Waals surface area contributed by atoms with Gasteiger partial charge in [0.2, 0.25) is 5.76 Å². The molecule has 0 fully saturated rings. The Hall–Kier alpha value is -2.67. The Morgan fingerprint density at radius 3 is 2.64 bits per heavy atom. The molecule has 1 atom stereocenters. The number of hydrogen-bond donors (Lipinski definition) is 1. The van der Waals surface area contributed by atoms with Crippen molar-refractivity contribution in [3.05, 3.63) is 42.2 Å². The summed E-state index contributed by atoms with van der Waals surface area (Å²) < 4.78 is 11.7. The highest BCUT2D eigenvalue weighted by atomic mass is 32.1. The molecular weight excluding hydrogens is 340 g/mol. The van der Waals surface area contributed by atoms with E-state index in [0.717, 1.165) is 10.2 Å². The third-order valence-corrected chi connectivity index (χ3v) is 4.45. The number of thiazole rings is 1. The fourth-order valence-electron chi connectivity index (χ4n) is 2.21. The van der Waals surface area contributed by atoms with Gasteiger partial charge in [-0.05, 0) is 45.0 Å². The molecule has 1 aromatic carbocycles. The maximum Gasteiger partial charge on any atom is 0.375 e. The van der Waals surface area contributed by atoms with Crippen LogP contribution in [0, 0.1) is 0 Å². The number of benzene rings is 1. The number of ether oxygens (including phenoxy) is 1. The number of esters is 1. The van der Waals surface area contributed by atoms with Gasteiger partial charge in [0.15, 0.2) is 16.9 Å². The molecule has 0 radical (unpaired) electrons. The van der Waals surface area contributed by atoms with E-state index in [4.69, 9.17) is 9.15 Å². The number of nitrogens with one attached hydrogen (secondary N) is 1. The first-order valence-corrected chi connectivity index (χ1v) is 8.73. The predicted molar refractivity (Wildman–Crippen MR) is 95.5 cm³/mol. The van der Waals surface area contributed by atoms with Crippen molar-refractivity contribution in [2.24, 2.45) is 0 Å². The first-order valence-electron chi connectivity index (χ1n) is 7.91. The summed E-state index contributed by atoms with van der Waals surface area (Å²) in [7, 11) is 0. The summed E-state index contributed by atoms with van der Waals surface area (Å²) in [5.41, 5.74) is 0.877. The second kappa shape index (κ2) is 7.06. The zero-order valence-electron chi connectivity index (χ0n) is 14.1. The third kappa shape index (κ3) is 3.88. The van der Waals surface area contributed by atoms with Gasteiger partial charge in [0.1, 0.15) is 0 Å². The van der Waals surface area contributed by atoms with Gasteiger partial charge in [-0.15, -0.1) is 11.3 Å². The summed E-state index contributed by atoms with van der Waals surface area (Å²) in [4.78, 5) is 28.5. The zero-order chi connectivity index (χ0) is 18.0. The normalized spacial score (nSPS) is 12.3. The van der Waals surface area contributed by atoms with E-state index < -0.39 is 12.1 Å². The number of amides is 1. The topological polar surface area (TPSA) is 81.4 Å². The summed E-state index contributed by atoms with van der Waals surface area (Å²) in [6, 6.07) is 10.9. The molecule has 25 heavy (non-hydrogen) atoms. The van der Waals surface area contributed by atoms with Crippen LogP contribution in [-0.2, 0) is 9.53 Å². The molecule has 3 aromatic rings. The van der Waals surface area contributed by atoms with Gasteiger partial charge in [-0.2, -0.15) is 0 Å². The SMILES string of the molecule is CC(C)NC(=O)[C@@H](C)OC(=O)c1ccc(-c2nc3ccccc3s2)o1. The highest BCUT2D eigenvalue weighted by Crippen LogP contribution is 2.31. The van der Waals surface area contributed by atoms with E-state index in [1.54, 1.807) is 6.07 Å². The van der Waals surface area contributed by atoms with Crippen LogP contribution in [-0.4, -0.2) is 29.0 Å². The lowest BCUT2D eigenvalue weighted by Crippen LogP contribution is -2.39. The molecule has 1 N–H and O–H groups in total. The molecule has 0 aliphatic heterocycles. The van der Waals surface area contributed by atoms with Crippen molar-refractivity contribution in [2.45, 2.75) is 32.9 Å². The number of hydrogen-bond acceptors (Lipinski definition) is 6. The third-order valence-electron chi connectivity index (χ3n) is 3.40. The van der Waals surface area contributed by atoms with E-state index in [1.807, 2.05) is 38.1 Å². The smallest absolute Gasteiger partial charge is 0.375 e. The maximum absolute atomic E-state index is 12.1. The minimum Gasteiger partial charge on any atom is -0.447 e. The number of carbonyl (C=O) groups is 2. The fourth-order valence-corrected chi connectivity index (χ4v) is 3.14. The molecule has 3 rings (SSSR count). The number of furan rings is 1. The van der Waals surface area contributed by atoms with Crippen LogP contribution >= 0.6 is 11.3 Å². The molecular formula is C18H18N2O4S. The number of rotatable bonds is 5. The van der Waals surface area contributed by atoms with E-state index in [2.05, 4.69) is 10.3 Å². The van der Waals surface area contributed by atoms with Crippen LogP contribution in [0.4, 0.5) is 0 Å². The molecule has 2 aromatic heterocycles. The number of para-hydroxylation sites is 1. The van der Waals surface area contributed by atoms with Gasteiger partial charge < -0.3 is 14.5 Å². The van der Waals surface area contributed by atoms with Crippen molar-refractivity contribution >= 4 is 33.4 Å². The molecule has 0 saturated carbocycles. The lowest BCUT2D eigenvalue weighted by Gasteiger charge is -2.14. The predicted octanol–water partition coefficient (Wildman–Crippen LogP) is 3.63. The standard InChI is InChI=1S/C18H18N2O4S/c1-10(2)19-16(21)11(3)23-18(22)14-9-8-13(24-14)17-20-12-6-4-5-7-15(12)25-17/h4-11H,1-3H3,(H,19,21)/t11-/m1/s1. The van der Waals surface area contributed by atoms with E-state index in [0.29, 0.717) is 10.8 Å². The van der Waals surface area contributed by atoms with E-state index in [1.165, 1.54) is 24.3 Å². The summed E-state index contributed by atoms with van der Waals surface area (Å²) in [6.45, 7) is 5.19. The van der Waals surface area contributed by atoms with Gasteiger partial charge in [0.25, 0.3) is 5.91 Å². The molecule has 2 heterocycles. The number of carbonyl (C=O) groups excluding carboxylic acids is 2. The van der Waals surface area contributed by atoms with Gasteiger partial charge >= 0.3 is 5.97 Å². The molecule has 0 aliphatic carbocycles. The van der Waals surface area contributed by atoms with Crippen LogP contribution in [0.25, 0.3) is 21.0 Å². The Morgan fingerprint density at radius 1 is 1.16 bits per heavy atom. The minimum absolute atomic E-state index is 0.0251. The molecule has 0 aliphatic rings. The Kier molecular flexibility index (Phi) is 4.85. The number of fused-ring (bicyclic) bond motifs is 1. The monoisotopic (exact) mass is 358 g/mol. The minimum atomic E-state index is -0.897. The van der Waals surface area contributed by atoms with Crippen LogP contribution in [0.3, 0.4) is 0 Å². The largest absolute Gasteiger partial charge is 0.447 e. The van der Waals surface area contributed by atoms with E-state index >= 15 is 0 Å². The van der Waals surface area contributed by atoms with Crippen molar-refractivity contribution in [2.75, 3.05) is 0 Å². The molecule has 6 nitrogen and oxygen atoms in total. The number of nitrogens with zero attached hydrogens (tertiary/aromatic N) is 1. The number of aromatic nitrogens is 1. The molecule has 0 saturated heterocycles. The summed E-state index contributed by atoms with van der Waals surface area (Å²) in [5.74, 6) is -0.494. The first kappa shape index (κ1) is 17.2. The summed E-state index contributed by atoms with van der Waals surface area (Å²) in [6.07, 6.45) is -0.897. The van der Waals surface area contributed by atoms with Crippen molar-refractivity contribution in [3.8, 4) is 10.8 Å². The fraction of sp³-hybridized carbons (Fsp3) is 0.278. The summed E-state index contributed by atoms with van der Waals surface area (Å²) in [5, 5.41) is 3.38. The molecule has 0 bridgehead atoms. The zero-order valence-corrected chi connectivity index (χ0v) is 14.9. The Bertz CT molecular complexity index is 880. The summed E-state index contributed by atoms with van der Waals surface area (Å²) >= 11 is 1.48. The van der Waals surface area contributed by atoms with Crippen molar-refractivity contribution in [1.82, 2.24) is 10.3 Å². The molecule has 0 spiro atoms. The van der Waals surface area contributed by atoms with Crippen LogP contribution in [0.2, 0.25) is 0 Å². The van der Waals surface area contributed by atoms with E-state index in [9.17, 15) is 9.59 Å². The van der Waals surface area contributed by atoms with Gasteiger partial charge in [0, 0.05) is 6.04 Å². The average Bonchev–Trinajstić information content (AvgIpc) is 3.20. The van der Waals surface area contributed by atoms with Crippen LogP contribution in [0.1, 0.15) is 31.3 Å². The first-order chi connectivity index (χ1) is 11.9. The Balaban J connectivity index is 1.72. The maximum atomic E-state index is 12.1. The lowest BCUT2D eigenvalue weighted by atomic mass is 10.3. The highest BCUT2D eigenvalue weighted by molar-refractivity contribution is 7.21. The highest BCUT2D eigenvalue weighted by Gasteiger charge is 2.22. The van der Waals surface area contributed by atoms with Gasteiger partial charge in [-0.1, -0.05) is 12.1 Å². The second-order valence-corrected chi connectivity index (χ2v) is 6.89. The van der Waals surface area contributed by atoms with Crippen molar-refractivity contribution < 1.29 is 18.7 Å². The van der Waals surface area contributed by atoms with Crippen LogP contribution in [0.5, 0.6) is 0 Å². The van der Waals surface area contributed by atoms with Gasteiger partial charge in [0.05, 0.1) is 10.2 Å². The lowest BCUT2D eigenvalue weighted by molar-refractivity contribution is -0.129. The second-order valence-electron chi connectivity index (χ2n) is 5.86. The molecule has 0 unspecified atom stereocenters. The molecule has 1 amide bonds. The van der Waals surface area contributed by atoms with Crippen LogP contribution in [0.15, 0.2) is 40.8 Å².